The van der Waals surface area contributed by atoms with Gasteiger partial charge in [-0.1, -0.05) is 0 Å². The van der Waals surface area contributed by atoms with Crippen LogP contribution in [0.1, 0.15) is 33.6 Å². The molecule has 0 bridgehead atoms. The van der Waals surface area contributed by atoms with E-state index in [1.54, 1.807) is 18.2 Å². The summed E-state index contributed by atoms with van der Waals surface area (Å²) in [6.07, 6.45) is 4.77. The smallest absolute Gasteiger partial charge is 0.410 e. The van der Waals surface area contributed by atoms with Crippen molar-refractivity contribution in [2.45, 2.75) is 45.8 Å². The molecule has 0 unspecified atom stereocenters. The molecule has 9 nitrogen and oxygen atoms in total. The highest BCUT2D eigenvalue weighted by molar-refractivity contribution is 5.80. The molecule has 3 aromatic rings. The number of methoxy groups -OCH3 is 1. The minimum absolute atomic E-state index is 0.242. The van der Waals surface area contributed by atoms with Gasteiger partial charge in [0.05, 0.1) is 13.3 Å². The summed E-state index contributed by atoms with van der Waals surface area (Å²) < 4.78 is 18.5. The van der Waals surface area contributed by atoms with Gasteiger partial charge in [-0.3, -0.25) is 0 Å². The predicted molar refractivity (Wildman–Crippen MR) is 119 cm³/mol. The number of benzene rings is 1. The average molecular weight is 440 g/mol. The van der Waals surface area contributed by atoms with Crippen LogP contribution in [0.3, 0.4) is 0 Å². The van der Waals surface area contributed by atoms with Crippen molar-refractivity contribution in [1.29, 1.82) is 0 Å². The molecule has 0 atom stereocenters. The van der Waals surface area contributed by atoms with Gasteiger partial charge in [-0.05, 0) is 63.8 Å². The third kappa shape index (κ3) is 5.09. The van der Waals surface area contributed by atoms with Crippen LogP contribution in [-0.2, 0) is 11.3 Å². The predicted octanol–water partition coefficient (Wildman–Crippen LogP) is 4.27. The van der Waals surface area contributed by atoms with E-state index in [1.165, 1.54) is 6.33 Å². The Hall–Kier alpha value is -3.36. The number of hydrogen-bond donors (Lipinski definition) is 0. The normalized spacial score (nSPS) is 15.1. The standard InChI is InChI=1S/C23H29N5O4/c1-23(2,3)32-22(29)27-11-9-16(10-12-27)14-28-20-19(13-26-28)21(25-15-24-20)31-18-7-5-17(30-4)6-8-18/h5-8,13,15-16H,9-12,14H2,1-4H3. The Morgan fingerprint density at radius 1 is 1.09 bits per heavy atom. The van der Waals surface area contributed by atoms with E-state index in [9.17, 15) is 4.79 Å². The van der Waals surface area contributed by atoms with Crippen LogP contribution in [0.15, 0.2) is 36.8 Å². The molecule has 3 heterocycles. The van der Waals surface area contributed by atoms with Crippen molar-refractivity contribution in [2.24, 2.45) is 5.92 Å². The Labute approximate surface area is 187 Å². The molecule has 9 heteroatoms. The zero-order chi connectivity index (χ0) is 22.7. The van der Waals surface area contributed by atoms with Crippen LogP contribution in [0, 0.1) is 5.92 Å². The molecule has 0 saturated carbocycles. The summed E-state index contributed by atoms with van der Waals surface area (Å²) in [5.41, 5.74) is 0.255. The monoisotopic (exact) mass is 439 g/mol. The number of nitrogens with zero attached hydrogens (tertiary/aromatic N) is 5. The summed E-state index contributed by atoms with van der Waals surface area (Å²) in [5.74, 6) is 2.28. The molecule has 1 fully saturated rings. The molecule has 2 aromatic heterocycles. The lowest BCUT2D eigenvalue weighted by Gasteiger charge is -2.33. The molecular formula is C23H29N5O4. The first kappa shape index (κ1) is 21.9. The molecule has 1 aliphatic rings. The molecule has 4 rings (SSSR count). The highest BCUT2D eigenvalue weighted by Gasteiger charge is 2.27. The second-order valence-electron chi connectivity index (χ2n) is 8.93. The van der Waals surface area contributed by atoms with Crippen LogP contribution in [0.4, 0.5) is 4.79 Å². The number of rotatable bonds is 5. The second kappa shape index (κ2) is 9.02. The second-order valence-corrected chi connectivity index (χ2v) is 8.93. The molecule has 1 aromatic carbocycles. The van der Waals surface area contributed by atoms with Crippen LogP contribution in [-0.4, -0.2) is 56.5 Å². The van der Waals surface area contributed by atoms with E-state index in [0.717, 1.165) is 36.2 Å². The van der Waals surface area contributed by atoms with Gasteiger partial charge in [-0.15, -0.1) is 0 Å². The Kier molecular flexibility index (Phi) is 6.16. The van der Waals surface area contributed by atoms with Crippen LogP contribution in [0.25, 0.3) is 11.0 Å². The maximum atomic E-state index is 12.3. The number of amides is 1. The lowest BCUT2D eigenvalue weighted by molar-refractivity contribution is 0.0177. The summed E-state index contributed by atoms with van der Waals surface area (Å²) in [5, 5.41) is 5.29. The molecule has 170 valence electrons. The largest absolute Gasteiger partial charge is 0.497 e. The minimum Gasteiger partial charge on any atom is -0.497 e. The molecule has 1 amide bonds. The van der Waals surface area contributed by atoms with E-state index in [2.05, 4.69) is 15.1 Å². The first-order valence-electron chi connectivity index (χ1n) is 10.8. The van der Waals surface area contributed by atoms with Crippen molar-refractivity contribution in [2.75, 3.05) is 20.2 Å². The topological polar surface area (TPSA) is 91.6 Å². The number of carbonyl (C=O) groups excluding carboxylic acids is 1. The van der Waals surface area contributed by atoms with Crippen molar-refractivity contribution in [1.82, 2.24) is 24.6 Å². The van der Waals surface area contributed by atoms with E-state index in [4.69, 9.17) is 14.2 Å². The number of piperidine rings is 1. The Bertz CT molecular complexity index is 1070. The fraction of sp³-hybridized carbons (Fsp3) is 0.478. The third-order valence-electron chi connectivity index (χ3n) is 5.37. The van der Waals surface area contributed by atoms with Crippen molar-refractivity contribution in [3.63, 3.8) is 0 Å². The Morgan fingerprint density at radius 3 is 2.44 bits per heavy atom. The van der Waals surface area contributed by atoms with Crippen LogP contribution in [0.2, 0.25) is 0 Å². The molecule has 1 saturated heterocycles. The molecule has 0 radical (unpaired) electrons. The fourth-order valence-corrected chi connectivity index (χ4v) is 3.71. The maximum Gasteiger partial charge on any atom is 0.410 e. The van der Waals surface area contributed by atoms with Crippen molar-refractivity contribution < 1.29 is 19.0 Å². The van der Waals surface area contributed by atoms with Crippen LogP contribution in [0.5, 0.6) is 17.4 Å². The highest BCUT2D eigenvalue weighted by atomic mass is 16.6. The molecular weight excluding hydrogens is 410 g/mol. The van der Waals surface area contributed by atoms with Crippen molar-refractivity contribution in [3.8, 4) is 17.4 Å². The quantitative estimate of drug-likeness (QED) is 0.586. The average Bonchev–Trinajstić information content (AvgIpc) is 3.17. The molecule has 0 spiro atoms. The van der Waals surface area contributed by atoms with Gasteiger partial charge in [0.25, 0.3) is 0 Å². The lowest BCUT2D eigenvalue weighted by Crippen LogP contribution is -2.42. The first-order chi connectivity index (χ1) is 15.3. The summed E-state index contributed by atoms with van der Waals surface area (Å²) in [7, 11) is 1.62. The van der Waals surface area contributed by atoms with Crippen LogP contribution >= 0.6 is 0 Å². The Balaban J connectivity index is 1.40. The van der Waals surface area contributed by atoms with Gasteiger partial charge in [-0.25, -0.2) is 19.4 Å². The first-order valence-corrected chi connectivity index (χ1v) is 10.8. The number of fused-ring (bicyclic) bond motifs is 1. The number of carbonyl (C=O) groups is 1. The van der Waals surface area contributed by atoms with E-state index in [0.29, 0.717) is 30.6 Å². The van der Waals surface area contributed by atoms with Crippen LogP contribution < -0.4 is 9.47 Å². The van der Waals surface area contributed by atoms with Gasteiger partial charge in [0.2, 0.25) is 5.88 Å². The molecule has 1 aliphatic heterocycles. The summed E-state index contributed by atoms with van der Waals surface area (Å²) in [6, 6.07) is 7.33. The van der Waals surface area contributed by atoms with E-state index >= 15 is 0 Å². The zero-order valence-corrected chi connectivity index (χ0v) is 18.9. The number of aromatic nitrogens is 4. The van der Waals surface area contributed by atoms with E-state index in [1.807, 2.05) is 49.7 Å². The highest BCUT2D eigenvalue weighted by Crippen LogP contribution is 2.29. The van der Waals surface area contributed by atoms with Gasteiger partial charge >= 0.3 is 6.09 Å². The summed E-state index contributed by atoms with van der Waals surface area (Å²) in [6.45, 7) is 7.74. The Morgan fingerprint density at radius 2 is 1.78 bits per heavy atom. The maximum absolute atomic E-state index is 12.3. The molecule has 0 aliphatic carbocycles. The number of hydrogen-bond acceptors (Lipinski definition) is 7. The van der Waals surface area contributed by atoms with Crippen molar-refractivity contribution in [3.05, 3.63) is 36.8 Å². The number of ether oxygens (including phenoxy) is 3. The van der Waals surface area contributed by atoms with Gasteiger partial charge < -0.3 is 19.1 Å². The van der Waals surface area contributed by atoms with Gasteiger partial charge in [-0.2, -0.15) is 5.10 Å². The third-order valence-corrected chi connectivity index (χ3v) is 5.37. The lowest BCUT2D eigenvalue weighted by atomic mass is 9.97. The van der Waals surface area contributed by atoms with E-state index < -0.39 is 5.60 Å². The fourth-order valence-electron chi connectivity index (χ4n) is 3.71. The molecule has 0 N–H and O–H groups in total. The van der Waals surface area contributed by atoms with Gasteiger partial charge in [0, 0.05) is 19.6 Å². The molecule has 32 heavy (non-hydrogen) atoms. The summed E-state index contributed by atoms with van der Waals surface area (Å²) in [4.78, 5) is 22.8. The number of likely N-dealkylation sites (tertiary alicyclic amines) is 1. The van der Waals surface area contributed by atoms with Crippen molar-refractivity contribution >= 4 is 17.1 Å². The minimum atomic E-state index is -0.479. The zero-order valence-electron chi connectivity index (χ0n) is 18.9. The van der Waals surface area contributed by atoms with E-state index in [-0.39, 0.29) is 6.09 Å². The van der Waals surface area contributed by atoms with Gasteiger partial charge in [0.1, 0.15) is 28.8 Å². The summed E-state index contributed by atoms with van der Waals surface area (Å²) >= 11 is 0. The SMILES string of the molecule is COc1ccc(Oc2ncnc3c2cnn3CC2CCN(C(=O)OC(C)(C)C)CC2)cc1. The van der Waals surface area contributed by atoms with Gasteiger partial charge in [0.15, 0.2) is 5.65 Å².